The Hall–Kier alpha value is -2.88. The molecular formula is C25H36N8O. The average Bonchev–Trinajstić information content (AvgIpc) is 3.12. The van der Waals surface area contributed by atoms with Crippen LogP contribution in [0.1, 0.15) is 25.3 Å². The van der Waals surface area contributed by atoms with E-state index in [1.807, 2.05) is 13.1 Å². The first-order valence-corrected chi connectivity index (χ1v) is 12.2. The number of anilines is 1. The van der Waals surface area contributed by atoms with Crippen LogP contribution in [0, 0.1) is 5.92 Å². The maximum atomic E-state index is 6.18. The maximum absolute atomic E-state index is 6.18. The summed E-state index contributed by atoms with van der Waals surface area (Å²) in [5.74, 6) is 7.70. The second-order valence-corrected chi connectivity index (χ2v) is 9.73. The summed E-state index contributed by atoms with van der Waals surface area (Å²) < 4.78 is 7.97. The van der Waals surface area contributed by atoms with Crippen molar-refractivity contribution in [2.45, 2.75) is 26.3 Å². The molecule has 4 N–H and O–H groups in total. The van der Waals surface area contributed by atoms with Crippen LogP contribution in [0.15, 0.2) is 30.1 Å². The molecule has 5 heterocycles. The summed E-state index contributed by atoms with van der Waals surface area (Å²) in [6.07, 6.45) is 3.99. The van der Waals surface area contributed by atoms with Crippen molar-refractivity contribution in [2.24, 2.45) is 17.5 Å². The Kier molecular flexibility index (Phi) is 6.33. The fourth-order valence-electron chi connectivity index (χ4n) is 5.23. The van der Waals surface area contributed by atoms with Crippen LogP contribution in [0.25, 0.3) is 27.8 Å². The van der Waals surface area contributed by atoms with Crippen LogP contribution >= 0.6 is 0 Å². The minimum Gasteiger partial charge on any atom is -0.401 e. The monoisotopic (exact) mass is 464 g/mol. The van der Waals surface area contributed by atoms with Crippen molar-refractivity contribution in [3.05, 3.63) is 35.7 Å². The van der Waals surface area contributed by atoms with Gasteiger partial charge in [0.15, 0.2) is 0 Å². The lowest BCUT2D eigenvalue weighted by Crippen LogP contribution is -2.44. The van der Waals surface area contributed by atoms with Crippen LogP contribution in [0.4, 0.5) is 5.82 Å². The molecule has 2 aliphatic rings. The van der Waals surface area contributed by atoms with E-state index in [1.165, 1.54) is 0 Å². The normalized spacial score (nSPS) is 19.1. The number of nitrogens with zero attached hydrogens (tertiary/aromatic N) is 6. The molecule has 182 valence electrons. The highest BCUT2D eigenvalue weighted by atomic mass is 16.5. The molecule has 9 nitrogen and oxygen atoms in total. The highest BCUT2D eigenvalue weighted by Crippen LogP contribution is 2.32. The summed E-state index contributed by atoms with van der Waals surface area (Å²) in [7, 11) is 3.98. The number of hydrogen-bond donors (Lipinski definition) is 2. The Balaban J connectivity index is 1.65. The third-order valence-corrected chi connectivity index (χ3v) is 7.14. The molecule has 0 bridgehead atoms. The van der Waals surface area contributed by atoms with E-state index < -0.39 is 0 Å². The minimum atomic E-state index is 0.550. The lowest BCUT2D eigenvalue weighted by molar-refractivity contribution is 0.0619. The molecular weight excluding hydrogens is 428 g/mol. The van der Waals surface area contributed by atoms with Crippen LogP contribution < -0.4 is 16.5 Å². The molecule has 0 aromatic carbocycles. The zero-order chi connectivity index (χ0) is 23.8. The number of pyridine rings is 2. The van der Waals surface area contributed by atoms with Crippen LogP contribution in [-0.4, -0.2) is 77.9 Å². The van der Waals surface area contributed by atoms with Crippen LogP contribution in [-0.2, 0) is 11.3 Å². The predicted octanol–water partition coefficient (Wildman–Crippen LogP) is 2.22. The molecule has 2 aliphatic heterocycles. The molecule has 0 aliphatic carbocycles. The first kappa shape index (κ1) is 22.9. The Labute approximate surface area is 200 Å². The van der Waals surface area contributed by atoms with Gasteiger partial charge in [0.1, 0.15) is 11.5 Å². The van der Waals surface area contributed by atoms with E-state index in [0.29, 0.717) is 11.6 Å². The first-order valence-electron chi connectivity index (χ1n) is 12.2. The van der Waals surface area contributed by atoms with Crippen molar-refractivity contribution in [1.29, 1.82) is 0 Å². The number of rotatable bonds is 5. The Morgan fingerprint density at radius 3 is 2.59 bits per heavy atom. The van der Waals surface area contributed by atoms with E-state index >= 15 is 0 Å². The summed E-state index contributed by atoms with van der Waals surface area (Å²) in [5, 5.41) is 2.65. The Morgan fingerprint density at radius 2 is 1.91 bits per heavy atom. The molecule has 0 atom stereocenters. The number of nitrogens with two attached hydrogens (primary N) is 2. The number of hydrogen-bond acceptors (Lipinski definition) is 8. The molecule has 3 aromatic heterocycles. The molecule has 5 rings (SSSR count). The fraction of sp³-hybridized carbons (Fsp3) is 0.520. The molecule has 34 heavy (non-hydrogen) atoms. The van der Waals surface area contributed by atoms with Crippen LogP contribution in [0.3, 0.4) is 0 Å². The molecule has 0 amide bonds. The largest absolute Gasteiger partial charge is 0.401 e. The second kappa shape index (κ2) is 9.40. The third kappa shape index (κ3) is 4.31. The number of ether oxygens (including phenoxy) is 1. The van der Waals surface area contributed by atoms with Crippen molar-refractivity contribution >= 4 is 33.6 Å². The van der Waals surface area contributed by atoms with E-state index in [4.69, 9.17) is 26.3 Å². The van der Waals surface area contributed by atoms with Crippen molar-refractivity contribution in [3.63, 3.8) is 0 Å². The maximum Gasteiger partial charge on any atom is 0.145 e. The van der Waals surface area contributed by atoms with Crippen molar-refractivity contribution in [2.75, 3.05) is 58.4 Å². The topological polar surface area (TPSA) is 102 Å². The van der Waals surface area contributed by atoms with Gasteiger partial charge >= 0.3 is 0 Å². The van der Waals surface area contributed by atoms with Crippen molar-refractivity contribution < 1.29 is 4.74 Å². The van der Waals surface area contributed by atoms with Gasteiger partial charge in [-0.05, 0) is 50.9 Å². The zero-order valence-corrected chi connectivity index (χ0v) is 20.5. The van der Waals surface area contributed by atoms with Crippen LogP contribution in [0.2, 0.25) is 0 Å². The van der Waals surface area contributed by atoms with Gasteiger partial charge in [-0.15, -0.1) is 0 Å². The van der Waals surface area contributed by atoms with Gasteiger partial charge in [-0.3, -0.25) is 4.98 Å². The highest BCUT2D eigenvalue weighted by molar-refractivity contribution is 6.05. The van der Waals surface area contributed by atoms with E-state index in [1.54, 1.807) is 12.1 Å². The van der Waals surface area contributed by atoms with Gasteiger partial charge in [-0.2, -0.15) is 0 Å². The smallest absolute Gasteiger partial charge is 0.145 e. The molecule has 3 aromatic rings. The number of aromatic nitrogens is 3. The Bertz CT molecular complexity index is 1200. The quantitative estimate of drug-likeness (QED) is 0.438. The number of allylic oxidation sites excluding steroid dienone is 1. The van der Waals surface area contributed by atoms with Crippen molar-refractivity contribution in [3.8, 4) is 0 Å². The Morgan fingerprint density at radius 1 is 1.18 bits per heavy atom. The SMILES string of the molecule is C/C(N)=C(\c1cnc2c3ccc(N4CCN(C)CC4)nc3n(CC3CCOCC3)c2c1)N(C)N. The number of fused-ring (bicyclic) bond motifs is 3. The van der Waals surface area contributed by atoms with E-state index in [0.717, 1.165) is 97.9 Å². The van der Waals surface area contributed by atoms with Gasteiger partial charge < -0.3 is 29.8 Å². The number of hydrazine groups is 1. The van der Waals surface area contributed by atoms with Crippen molar-refractivity contribution in [1.82, 2.24) is 24.4 Å². The van der Waals surface area contributed by atoms with Gasteiger partial charge in [0.25, 0.3) is 0 Å². The predicted molar refractivity (Wildman–Crippen MR) is 137 cm³/mol. The van der Waals surface area contributed by atoms with Gasteiger partial charge in [0, 0.05) is 75.8 Å². The molecule has 9 heteroatoms. The highest BCUT2D eigenvalue weighted by Gasteiger charge is 2.22. The fourth-order valence-corrected chi connectivity index (χ4v) is 5.23. The summed E-state index contributed by atoms with van der Waals surface area (Å²) in [4.78, 5) is 14.8. The third-order valence-electron chi connectivity index (χ3n) is 7.14. The molecule has 0 radical (unpaired) electrons. The van der Waals surface area contributed by atoms with Gasteiger partial charge in [0.2, 0.25) is 0 Å². The zero-order valence-electron chi connectivity index (χ0n) is 20.5. The van der Waals surface area contributed by atoms with E-state index in [9.17, 15) is 0 Å². The summed E-state index contributed by atoms with van der Waals surface area (Å²) >= 11 is 0. The molecule has 0 saturated carbocycles. The second-order valence-electron chi connectivity index (χ2n) is 9.73. The first-order chi connectivity index (χ1) is 16.4. The van der Waals surface area contributed by atoms with E-state index in [-0.39, 0.29) is 0 Å². The lowest BCUT2D eigenvalue weighted by Gasteiger charge is -2.33. The standard InChI is InChI=1S/C25H36N8O/c1-17(26)24(31(3)27)19-14-21-23(28-15-19)20-4-5-22(32-10-8-30(2)9-11-32)29-25(20)33(21)16-18-6-12-34-13-7-18/h4-5,14-15,18H,6-13,16,26-27H2,1-3H3/b24-17-. The molecule has 2 saturated heterocycles. The lowest BCUT2D eigenvalue weighted by atomic mass is 10.0. The van der Waals surface area contributed by atoms with E-state index in [2.05, 4.69) is 39.6 Å². The van der Waals surface area contributed by atoms with Gasteiger partial charge in [0.05, 0.1) is 16.7 Å². The molecule has 2 fully saturated rings. The summed E-state index contributed by atoms with van der Waals surface area (Å²) in [6.45, 7) is 8.49. The average molecular weight is 465 g/mol. The van der Waals surface area contributed by atoms with Crippen LogP contribution in [0.5, 0.6) is 0 Å². The summed E-state index contributed by atoms with van der Waals surface area (Å²) in [6, 6.07) is 6.49. The van der Waals surface area contributed by atoms with Gasteiger partial charge in [-0.1, -0.05) is 0 Å². The number of likely N-dealkylation sites (N-methyl/N-ethyl adjacent to an activating group) is 1. The number of piperazine rings is 1. The minimum absolute atomic E-state index is 0.550. The summed E-state index contributed by atoms with van der Waals surface area (Å²) in [5.41, 5.74) is 11.6. The van der Waals surface area contributed by atoms with Gasteiger partial charge in [-0.25, -0.2) is 10.8 Å². The molecule has 0 spiro atoms. The molecule has 0 unspecified atom stereocenters.